The molecule has 0 spiro atoms. The minimum absolute atomic E-state index is 0.0127. The van der Waals surface area contributed by atoms with E-state index in [2.05, 4.69) is 20.9 Å². The lowest BCUT2D eigenvalue weighted by Gasteiger charge is -2.32. The highest BCUT2D eigenvalue weighted by Gasteiger charge is 2.29. The van der Waals surface area contributed by atoms with Gasteiger partial charge in [-0.2, -0.15) is 0 Å². The smallest absolute Gasteiger partial charge is 0.258 e. The van der Waals surface area contributed by atoms with E-state index in [4.69, 9.17) is 0 Å². The summed E-state index contributed by atoms with van der Waals surface area (Å²) in [5.74, 6) is -0.953. The Balaban J connectivity index is 1.50. The van der Waals surface area contributed by atoms with E-state index in [1.807, 2.05) is 36.2 Å². The number of anilines is 2. The van der Waals surface area contributed by atoms with Crippen LogP contribution in [0.1, 0.15) is 27.0 Å². The molecule has 39 heavy (non-hydrogen) atoms. The molecule has 0 unspecified atom stereocenters. The molecule has 2 heterocycles. The van der Waals surface area contributed by atoms with E-state index >= 15 is 0 Å². The molecule has 200 valence electrons. The SMILES string of the molecule is CNC(=O)Cc1cccc(C(Nc2ccc(C(=O)N3CCN(C)CC3)cc2)=C2C(=O)Nc3cc(F)ccc32)c1. The van der Waals surface area contributed by atoms with E-state index in [0.29, 0.717) is 52.4 Å². The second-order valence-electron chi connectivity index (χ2n) is 9.74. The summed E-state index contributed by atoms with van der Waals surface area (Å²) >= 11 is 0. The average molecular weight is 528 g/mol. The average Bonchev–Trinajstić information content (AvgIpc) is 3.26. The highest BCUT2D eigenvalue weighted by atomic mass is 19.1. The van der Waals surface area contributed by atoms with E-state index < -0.39 is 5.82 Å². The summed E-state index contributed by atoms with van der Waals surface area (Å²) in [5.41, 5.74) is 4.56. The van der Waals surface area contributed by atoms with Gasteiger partial charge >= 0.3 is 0 Å². The number of carbonyl (C=O) groups excluding carboxylic acids is 3. The topological polar surface area (TPSA) is 93.8 Å². The Hall–Kier alpha value is -4.50. The number of halogens is 1. The van der Waals surface area contributed by atoms with Crippen molar-refractivity contribution in [1.82, 2.24) is 15.1 Å². The van der Waals surface area contributed by atoms with Crippen LogP contribution in [-0.2, 0) is 16.0 Å². The first kappa shape index (κ1) is 26.1. The lowest BCUT2D eigenvalue weighted by atomic mass is 9.98. The highest BCUT2D eigenvalue weighted by Crippen LogP contribution is 2.38. The van der Waals surface area contributed by atoms with Crippen molar-refractivity contribution >= 4 is 40.4 Å². The van der Waals surface area contributed by atoms with Crippen molar-refractivity contribution in [1.29, 1.82) is 0 Å². The van der Waals surface area contributed by atoms with Crippen LogP contribution in [0.5, 0.6) is 0 Å². The molecule has 1 fully saturated rings. The minimum atomic E-state index is -0.446. The van der Waals surface area contributed by atoms with Gasteiger partial charge in [-0.3, -0.25) is 14.4 Å². The molecule has 0 atom stereocenters. The van der Waals surface area contributed by atoms with Crippen LogP contribution in [0.15, 0.2) is 66.7 Å². The standard InChI is InChI=1S/C30H30FN5O3/c1-32-26(37)17-19-4-3-5-21(16-19)28(27-24-11-8-22(31)18-25(24)34-29(27)38)33-23-9-6-20(7-10-23)30(39)36-14-12-35(2)13-15-36/h3-11,16,18,33H,12-15,17H2,1-2H3,(H,32,37)(H,34,38). The predicted octanol–water partition coefficient (Wildman–Crippen LogP) is 3.43. The number of likely N-dealkylation sites (N-methyl/N-ethyl adjacent to an activating group) is 2. The zero-order valence-electron chi connectivity index (χ0n) is 21.9. The number of nitrogens with zero attached hydrogens (tertiary/aromatic N) is 2. The quantitative estimate of drug-likeness (QED) is 0.427. The van der Waals surface area contributed by atoms with Crippen LogP contribution in [0, 0.1) is 5.82 Å². The second kappa shape index (κ2) is 11.1. The fraction of sp³-hybridized carbons (Fsp3) is 0.233. The summed E-state index contributed by atoms with van der Waals surface area (Å²) in [6.07, 6.45) is 0.185. The van der Waals surface area contributed by atoms with Gasteiger partial charge in [0.05, 0.1) is 23.4 Å². The zero-order valence-corrected chi connectivity index (χ0v) is 21.9. The Morgan fingerprint density at radius 1 is 0.949 bits per heavy atom. The second-order valence-corrected chi connectivity index (χ2v) is 9.74. The minimum Gasteiger partial charge on any atom is -0.359 e. The molecule has 2 aliphatic rings. The number of nitrogens with one attached hydrogen (secondary N) is 3. The van der Waals surface area contributed by atoms with Gasteiger partial charge in [-0.25, -0.2) is 4.39 Å². The van der Waals surface area contributed by atoms with Gasteiger partial charge in [0.1, 0.15) is 5.82 Å². The van der Waals surface area contributed by atoms with Gasteiger partial charge in [0, 0.05) is 50.0 Å². The number of hydrogen-bond acceptors (Lipinski definition) is 5. The Labute approximate surface area is 226 Å². The Morgan fingerprint density at radius 2 is 1.69 bits per heavy atom. The first-order chi connectivity index (χ1) is 18.8. The Kier molecular flexibility index (Phi) is 7.42. The Bertz CT molecular complexity index is 1460. The van der Waals surface area contributed by atoms with E-state index in [1.54, 1.807) is 37.4 Å². The van der Waals surface area contributed by atoms with Crippen LogP contribution in [-0.4, -0.2) is 67.8 Å². The van der Waals surface area contributed by atoms with Crippen LogP contribution < -0.4 is 16.0 Å². The van der Waals surface area contributed by atoms with Gasteiger partial charge in [-0.15, -0.1) is 0 Å². The number of piperazine rings is 1. The maximum atomic E-state index is 13.9. The Morgan fingerprint density at radius 3 is 2.41 bits per heavy atom. The van der Waals surface area contributed by atoms with Crippen LogP contribution in [0.2, 0.25) is 0 Å². The summed E-state index contributed by atoms with van der Waals surface area (Å²) in [6, 6.07) is 18.7. The highest BCUT2D eigenvalue weighted by molar-refractivity contribution is 6.37. The van der Waals surface area contributed by atoms with Gasteiger partial charge < -0.3 is 25.8 Å². The molecule has 3 amide bonds. The molecule has 5 rings (SSSR count). The number of carbonyl (C=O) groups is 3. The van der Waals surface area contributed by atoms with Crippen molar-refractivity contribution in [2.45, 2.75) is 6.42 Å². The summed E-state index contributed by atoms with van der Waals surface area (Å²) < 4.78 is 13.9. The number of hydrogen-bond donors (Lipinski definition) is 3. The molecule has 0 aromatic heterocycles. The summed E-state index contributed by atoms with van der Waals surface area (Å²) in [5, 5.41) is 8.73. The molecule has 0 bridgehead atoms. The number of fused-ring (bicyclic) bond motifs is 1. The zero-order chi connectivity index (χ0) is 27.5. The maximum absolute atomic E-state index is 13.9. The largest absolute Gasteiger partial charge is 0.359 e. The van der Waals surface area contributed by atoms with E-state index in [0.717, 1.165) is 18.7 Å². The molecule has 3 aromatic carbocycles. The predicted molar refractivity (Wildman–Crippen MR) is 150 cm³/mol. The molecule has 2 aliphatic heterocycles. The number of benzene rings is 3. The fourth-order valence-corrected chi connectivity index (χ4v) is 4.82. The molecule has 9 heteroatoms. The summed E-state index contributed by atoms with van der Waals surface area (Å²) in [4.78, 5) is 42.2. The lowest BCUT2D eigenvalue weighted by Crippen LogP contribution is -2.47. The van der Waals surface area contributed by atoms with Crippen molar-refractivity contribution in [3.05, 3.63) is 94.8 Å². The number of rotatable bonds is 6. The molecular weight excluding hydrogens is 497 g/mol. The molecule has 3 aromatic rings. The van der Waals surface area contributed by atoms with Crippen LogP contribution in [0.25, 0.3) is 11.3 Å². The molecule has 3 N–H and O–H groups in total. The lowest BCUT2D eigenvalue weighted by molar-refractivity contribution is -0.120. The van der Waals surface area contributed by atoms with Crippen LogP contribution in [0.3, 0.4) is 0 Å². The van der Waals surface area contributed by atoms with Gasteiger partial charge in [0.15, 0.2) is 0 Å². The monoisotopic (exact) mass is 527 g/mol. The van der Waals surface area contributed by atoms with Crippen molar-refractivity contribution in [3.8, 4) is 0 Å². The normalized spacial score (nSPS) is 16.4. The van der Waals surface area contributed by atoms with Gasteiger partial charge in [-0.05, 0) is 66.7 Å². The summed E-state index contributed by atoms with van der Waals surface area (Å²) in [6.45, 7) is 3.06. The van der Waals surface area contributed by atoms with E-state index in [-0.39, 0.29) is 24.1 Å². The van der Waals surface area contributed by atoms with E-state index in [9.17, 15) is 18.8 Å². The van der Waals surface area contributed by atoms with Crippen molar-refractivity contribution in [2.24, 2.45) is 0 Å². The van der Waals surface area contributed by atoms with E-state index in [1.165, 1.54) is 12.1 Å². The fourth-order valence-electron chi connectivity index (χ4n) is 4.82. The molecule has 0 radical (unpaired) electrons. The molecule has 1 saturated heterocycles. The molecule has 8 nitrogen and oxygen atoms in total. The first-order valence-electron chi connectivity index (χ1n) is 12.8. The van der Waals surface area contributed by atoms with Crippen LogP contribution in [0.4, 0.5) is 15.8 Å². The van der Waals surface area contributed by atoms with Crippen molar-refractivity contribution in [2.75, 3.05) is 50.9 Å². The van der Waals surface area contributed by atoms with Gasteiger partial charge in [0.25, 0.3) is 11.8 Å². The van der Waals surface area contributed by atoms with Crippen LogP contribution >= 0.6 is 0 Å². The van der Waals surface area contributed by atoms with Gasteiger partial charge in [-0.1, -0.05) is 18.2 Å². The van der Waals surface area contributed by atoms with Gasteiger partial charge in [0.2, 0.25) is 5.91 Å². The third-order valence-electron chi connectivity index (χ3n) is 7.03. The third-order valence-corrected chi connectivity index (χ3v) is 7.03. The molecule has 0 aliphatic carbocycles. The third kappa shape index (κ3) is 5.68. The van der Waals surface area contributed by atoms with Crippen molar-refractivity contribution in [3.63, 3.8) is 0 Å². The maximum Gasteiger partial charge on any atom is 0.258 e. The molecule has 0 saturated carbocycles. The number of amides is 3. The molecular formula is C30H30FN5O3. The summed E-state index contributed by atoms with van der Waals surface area (Å²) in [7, 11) is 3.63. The van der Waals surface area contributed by atoms with Crippen molar-refractivity contribution < 1.29 is 18.8 Å². The first-order valence-corrected chi connectivity index (χ1v) is 12.8.